The molecule has 0 radical (unpaired) electrons. The van der Waals surface area contributed by atoms with Crippen LogP contribution in [0, 0.1) is 6.92 Å². The molecule has 1 unspecified atom stereocenters. The van der Waals surface area contributed by atoms with Crippen LogP contribution in [0.15, 0.2) is 66.0 Å². The van der Waals surface area contributed by atoms with Gasteiger partial charge >= 0.3 is 0 Å². The Kier molecular flexibility index (Phi) is 3.39. The number of aryl methyl sites for hydroxylation is 1. The molecule has 1 aliphatic heterocycles. The van der Waals surface area contributed by atoms with E-state index in [1.165, 1.54) is 5.56 Å². The second-order valence-electron chi connectivity index (χ2n) is 5.57. The molecule has 3 nitrogen and oxygen atoms in total. The van der Waals surface area contributed by atoms with Gasteiger partial charge in [0.15, 0.2) is 0 Å². The van der Waals surface area contributed by atoms with Crippen LogP contribution in [0.5, 0.6) is 0 Å². The van der Waals surface area contributed by atoms with Crippen molar-refractivity contribution in [3.05, 3.63) is 82.0 Å². The Morgan fingerprint density at radius 1 is 1.00 bits per heavy atom. The van der Waals surface area contributed by atoms with E-state index in [4.69, 9.17) is 0 Å². The SMILES string of the molecule is Cc1ccsc1C1Nc2ccccc2C(=O)N1c1ccccc1. The van der Waals surface area contributed by atoms with E-state index in [9.17, 15) is 4.79 Å². The first-order valence-electron chi connectivity index (χ1n) is 7.54. The fourth-order valence-corrected chi connectivity index (χ4v) is 3.92. The van der Waals surface area contributed by atoms with Crippen molar-refractivity contribution in [3.63, 3.8) is 0 Å². The van der Waals surface area contributed by atoms with Gasteiger partial charge < -0.3 is 5.32 Å². The normalized spacial score (nSPS) is 16.8. The van der Waals surface area contributed by atoms with Crippen LogP contribution in [-0.2, 0) is 0 Å². The van der Waals surface area contributed by atoms with Crippen LogP contribution < -0.4 is 10.2 Å². The average Bonchev–Trinajstić information content (AvgIpc) is 3.01. The van der Waals surface area contributed by atoms with Gasteiger partial charge in [-0.05, 0) is 48.2 Å². The molecule has 0 bridgehead atoms. The van der Waals surface area contributed by atoms with Crippen molar-refractivity contribution in [1.29, 1.82) is 0 Å². The summed E-state index contributed by atoms with van der Waals surface area (Å²) in [5, 5.41) is 5.60. The number of fused-ring (bicyclic) bond motifs is 1. The number of carbonyl (C=O) groups is 1. The lowest BCUT2D eigenvalue weighted by atomic mass is 10.0. The fraction of sp³-hybridized carbons (Fsp3) is 0.105. The molecule has 0 aliphatic carbocycles. The van der Waals surface area contributed by atoms with Gasteiger partial charge in [-0.2, -0.15) is 0 Å². The molecular weight excluding hydrogens is 304 g/mol. The van der Waals surface area contributed by atoms with E-state index in [0.29, 0.717) is 5.56 Å². The number of para-hydroxylation sites is 2. The van der Waals surface area contributed by atoms with E-state index in [2.05, 4.69) is 23.7 Å². The van der Waals surface area contributed by atoms with E-state index in [0.717, 1.165) is 16.3 Å². The zero-order valence-electron chi connectivity index (χ0n) is 12.7. The largest absolute Gasteiger partial charge is 0.360 e. The van der Waals surface area contributed by atoms with Gasteiger partial charge in [0.1, 0.15) is 6.17 Å². The summed E-state index contributed by atoms with van der Waals surface area (Å²) in [4.78, 5) is 16.1. The molecule has 1 atom stereocenters. The predicted octanol–water partition coefficient (Wildman–Crippen LogP) is 4.83. The minimum Gasteiger partial charge on any atom is -0.360 e. The number of carbonyl (C=O) groups excluding carboxylic acids is 1. The van der Waals surface area contributed by atoms with Crippen LogP contribution in [0.1, 0.15) is 27.0 Å². The van der Waals surface area contributed by atoms with Gasteiger partial charge in [-0.1, -0.05) is 30.3 Å². The first kappa shape index (κ1) is 14.0. The van der Waals surface area contributed by atoms with Crippen molar-refractivity contribution in [2.75, 3.05) is 10.2 Å². The summed E-state index contributed by atoms with van der Waals surface area (Å²) >= 11 is 1.67. The highest BCUT2D eigenvalue weighted by Gasteiger charge is 2.35. The van der Waals surface area contributed by atoms with E-state index in [1.807, 2.05) is 59.5 Å². The Hall–Kier alpha value is -2.59. The van der Waals surface area contributed by atoms with E-state index < -0.39 is 0 Å². The first-order valence-corrected chi connectivity index (χ1v) is 8.42. The lowest BCUT2D eigenvalue weighted by molar-refractivity contribution is 0.0975. The number of benzene rings is 2. The van der Waals surface area contributed by atoms with Gasteiger partial charge in [-0.15, -0.1) is 11.3 Å². The van der Waals surface area contributed by atoms with Crippen molar-refractivity contribution >= 4 is 28.6 Å². The zero-order valence-corrected chi connectivity index (χ0v) is 13.5. The van der Waals surface area contributed by atoms with Crippen LogP contribution in [0.25, 0.3) is 0 Å². The molecule has 4 rings (SSSR count). The summed E-state index contributed by atoms with van der Waals surface area (Å²) in [6.45, 7) is 2.08. The maximum atomic E-state index is 13.1. The average molecular weight is 320 g/mol. The second kappa shape index (κ2) is 5.56. The molecule has 0 saturated carbocycles. The Balaban J connectivity index is 1.89. The van der Waals surface area contributed by atoms with Gasteiger partial charge in [0.05, 0.1) is 10.4 Å². The fourth-order valence-electron chi connectivity index (χ4n) is 2.96. The third-order valence-corrected chi connectivity index (χ3v) is 5.18. The molecule has 1 aliphatic rings. The summed E-state index contributed by atoms with van der Waals surface area (Å²) in [6.07, 6.45) is -0.181. The molecule has 2 aromatic carbocycles. The Labute approximate surface area is 139 Å². The lowest BCUT2D eigenvalue weighted by Crippen LogP contribution is -2.43. The molecule has 23 heavy (non-hydrogen) atoms. The molecule has 1 N–H and O–H groups in total. The molecule has 114 valence electrons. The lowest BCUT2D eigenvalue weighted by Gasteiger charge is -2.37. The van der Waals surface area contributed by atoms with Crippen LogP contribution in [0.4, 0.5) is 11.4 Å². The predicted molar refractivity (Wildman–Crippen MR) is 95.1 cm³/mol. The number of rotatable bonds is 2. The third-order valence-electron chi connectivity index (χ3n) is 4.11. The number of anilines is 2. The monoisotopic (exact) mass is 320 g/mol. The molecule has 1 aromatic heterocycles. The quantitative estimate of drug-likeness (QED) is 0.733. The van der Waals surface area contributed by atoms with Crippen LogP contribution in [0.2, 0.25) is 0 Å². The molecule has 4 heteroatoms. The van der Waals surface area contributed by atoms with Gasteiger partial charge in [-0.3, -0.25) is 9.69 Å². The Bertz CT molecular complexity index is 857. The minimum absolute atomic E-state index is 0.0309. The maximum Gasteiger partial charge on any atom is 0.262 e. The highest BCUT2D eigenvalue weighted by Crippen LogP contribution is 2.39. The second-order valence-corrected chi connectivity index (χ2v) is 6.52. The standard InChI is InChI=1S/C19H16N2OS/c1-13-11-12-23-17(13)18-20-16-10-6-5-9-15(16)19(22)21(18)14-7-3-2-4-8-14/h2-12,18,20H,1H3. The highest BCUT2D eigenvalue weighted by molar-refractivity contribution is 7.10. The number of hydrogen-bond acceptors (Lipinski definition) is 3. The van der Waals surface area contributed by atoms with Crippen LogP contribution in [0.3, 0.4) is 0 Å². The van der Waals surface area contributed by atoms with Crippen molar-refractivity contribution in [2.24, 2.45) is 0 Å². The number of thiophene rings is 1. The van der Waals surface area contributed by atoms with E-state index in [-0.39, 0.29) is 12.1 Å². The molecule has 2 heterocycles. The number of hydrogen-bond donors (Lipinski definition) is 1. The van der Waals surface area contributed by atoms with Crippen molar-refractivity contribution in [2.45, 2.75) is 13.1 Å². The van der Waals surface area contributed by atoms with Crippen LogP contribution in [-0.4, -0.2) is 5.91 Å². The number of nitrogens with one attached hydrogen (secondary N) is 1. The number of nitrogens with zero attached hydrogens (tertiary/aromatic N) is 1. The zero-order chi connectivity index (χ0) is 15.8. The highest BCUT2D eigenvalue weighted by atomic mass is 32.1. The summed E-state index contributed by atoms with van der Waals surface area (Å²) in [5.41, 5.74) is 3.70. The first-order chi connectivity index (χ1) is 11.3. The van der Waals surface area contributed by atoms with Gasteiger partial charge in [0.2, 0.25) is 0 Å². The molecule has 0 fully saturated rings. The van der Waals surface area contributed by atoms with Crippen molar-refractivity contribution in [1.82, 2.24) is 0 Å². The molecule has 0 saturated heterocycles. The molecular formula is C19H16N2OS. The Morgan fingerprint density at radius 3 is 2.48 bits per heavy atom. The third kappa shape index (κ3) is 2.32. The van der Waals surface area contributed by atoms with E-state index in [1.54, 1.807) is 11.3 Å². The summed E-state index contributed by atoms with van der Waals surface area (Å²) in [5.74, 6) is 0.0309. The number of amides is 1. The van der Waals surface area contributed by atoms with Crippen molar-refractivity contribution in [3.8, 4) is 0 Å². The Morgan fingerprint density at radius 2 is 1.74 bits per heavy atom. The minimum atomic E-state index is -0.181. The topological polar surface area (TPSA) is 32.3 Å². The van der Waals surface area contributed by atoms with Gasteiger partial charge in [-0.25, -0.2) is 0 Å². The van der Waals surface area contributed by atoms with Gasteiger partial charge in [0, 0.05) is 11.4 Å². The summed E-state index contributed by atoms with van der Waals surface area (Å²) < 4.78 is 0. The van der Waals surface area contributed by atoms with E-state index >= 15 is 0 Å². The smallest absolute Gasteiger partial charge is 0.262 e. The molecule has 3 aromatic rings. The molecule has 1 amide bonds. The van der Waals surface area contributed by atoms with Crippen LogP contribution >= 0.6 is 11.3 Å². The summed E-state index contributed by atoms with van der Waals surface area (Å²) in [6, 6.07) is 19.6. The summed E-state index contributed by atoms with van der Waals surface area (Å²) in [7, 11) is 0. The maximum absolute atomic E-state index is 13.1. The van der Waals surface area contributed by atoms with Gasteiger partial charge in [0.25, 0.3) is 5.91 Å². The van der Waals surface area contributed by atoms with Crippen molar-refractivity contribution < 1.29 is 4.79 Å². The molecule has 0 spiro atoms.